The van der Waals surface area contributed by atoms with Gasteiger partial charge in [0.15, 0.2) is 0 Å². The lowest BCUT2D eigenvalue weighted by atomic mass is 9.79. The molecule has 0 aliphatic heterocycles. The second-order valence-electron chi connectivity index (χ2n) is 4.88. The van der Waals surface area contributed by atoms with Crippen LogP contribution in [-0.2, 0) is 0 Å². The van der Waals surface area contributed by atoms with Crippen LogP contribution in [-0.4, -0.2) is 0 Å². The monoisotopic (exact) mass is 197 g/mol. The van der Waals surface area contributed by atoms with Gasteiger partial charge in [-0.1, -0.05) is 60.3 Å². The molecule has 0 fully saturated rings. The molecule has 0 aromatic rings. The molecule has 0 nitrogen and oxygen atoms in total. The summed E-state index contributed by atoms with van der Waals surface area (Å²) in [6.07, 6.45) is 8.32. The molecule has 0 unspecified atom stereocenters. The number of rotatable bonds is 8. The second kappa shape index (κ2) is 8.32. The maximum absolute atomic E-state index is 2.36. The molecular formula is C14H29. The van der Waals surface area contributed by atoms with Gasteiger partial charge in [-0.05, 0) is 30.6 Å². The highest BCUT2D eigenvalue weighted by atomic mass is 14.2. The Morgan fingerprint density at radius 3 is 1.64 bits per heavy atom. The summed E-state index contributed by atoms with van der Waals surface area (Å²) >= 11 is 0. The fraction of sp³-hybridized carbons (Fsp3) is 0.929. The van der Waals surface area contributed by atoms with Crippen molar-refractivity contribution in [3.63, 3.8) is 0 Å². The summed E-state index contributed by atoms with van der Waals surface area (Å²) in [5.41, 5.74) is 0. The predicted molar refractivity (Wildman–Crippen MR) is 66.3 cm³/mol. The van der Waals surface area contributed by atoms with Crippen LogP contribution in [0, 0.1) is 17.8 Å². The van der Waals surface area contributed by atoms with Gasteiger partial charge in [-0.25, -0.2) is 0 Å². The number of hydrogen-bond acceptors (Lipinski definition) is 0. The minimum absolute atomic E-state index is 0.772. The molecule has 0 aromatic heterocycles. The van der Waals surface area contributed by atoms with Gasteiger partial charge in [-0.3, -0.25) is 0 Å². The fourth-order valence-corrected chi connectivity index (χ4v) is 1.97. The molecule has 0 spiro atoms. The first-order valence-electron chi connectivity index (χ1n) is 6.46. The summed E-state index contributed by atoms with van der Waals surface area (Å²) in [4.78, 5) is 0. The van der Waals surface area contributed by atoms with E-state index in [-0.39, 0.29) is 0 Å². The van der Waals surface area contributed by atoms with Crippen LogP contribution in [0.15, 0.2) is 0 Å². The Morgan fingerprint density at radius 1 is 0.929 bits per heavy atom. The Morgan fingerprint density at radius 2 is 1.36 bits per heavy atom. The summed E-state index contributed by atoms with van der Waals surface area (Å²) in [5, 5.41) is 0. The normalized spacial score (nSPS) is 12.0. The molecule has 0 heterocycles. The van der Waals surface area contributed by atoms with Gasteiger partial charge in [0.05, 0.1) is 0 Å². The van der Waals surface area contributed by atoms with Crippen molar-refractivity contribution < 1.29 is 0 Å². The van der Waals surface area contributed by atoms with Crippen LogP contribution in [0.2, 0.25) is 0 Å². The van der Waals surface area contributed by atoms with Gasteiger partial charge in [0, 0.05) is 0 Å². The first-order valence-corrected chi connectivity index (χ1v) is 6.46. The van der Waals surface area contributed by atoms with E-state index in [9.17, 15) is 0 Å². The molecule has 0 amide bonds. The Hall–Kier alpha value is 0. The van der Waals surface area contributed by atoms with E-state index < -0.39 is 0 Å². The van der Waals surface area contributed by atoms with Crippen LogP contribution in [0.25, 0.3) is 0 Å². The average Bonchev–Trinajstić information content (AvgIpc) is 2.17. The highest BCUT2D eigenvalue weighted by molar-refractivity contribution is 4.94. The van der Waals surface area contributed by atoms with Crippen molar-refractivity contribution in [2.75, 3.05) is 0 Å². The van der Waals surface area contributed by atoms with Gasteiger partial charge in [-0.15, -0.1) is 0 Å². The smallest absolute Gasteiger partial charge is 0.0216 e. The molecule has 0 heteroatoms. The zero-order valence-electron chi connectivity index (χ0n) is 10.9. The predicted octanol–water partition coefficient (Wildman–Crippen LogP) is 5.23. The van der Waals surface area contributed by atoms with Gasteiger partial charge in [0.2, 0.25) is 0 Å². The van der Waals surface area contributed by atoms with E-state index in [4.69, 9.17) is 0 Å². The minimum atomic E-state index is 0.772. The van der Waals surface area contributed by atoms with E-state index in [0.29, 0.717) is 0 Å². The SMILES string of the molecule is CCCCC(CCCC)[C](C)C(C)C. The van der Waals surface area contributed by atoms with Crippen molar-refractivity contribution in [2.45, 2.75) is 73.1 Å². The molecule has 85 valence electrons. The van der Waals surface area contributed by atoms with E-state index >= 15 is 0 Å². The van der Waals surface area contributed by atoms with Gasteiger partial charge in [0.1, 0.15) is 0 Å². The van der Waals surface area contributed by atoms with E-state index in [1.807, 2.05) is 0 Å². The highest BCUT2D eigenvalue weighted by Gasteiger charge is 2.19. The van der Waals surface area contributed by atoms with Crippen LogP contribution in [0.5, 0.6) is 0 Å². The van der Waals surface area contributed by atoms with Crippen molar-refractivity contribution in [1.29, 1.82) is 0 Å². The molecule has 0 saturated heterocycles. The standard InChI is InChI=1S/C14H29/c1-6-8-10-14(11-9-7-2)13(5)12(3)4/h12,14H,6-11H2,1-5H3. The Balaban J connectivity index is 3.94. The molecule has 0 aliphatic carbocycles. The molecule has 0 rings (SSSR count). The van der Waals surface area contributed by atoms with E-state index in [2.05, 4.69) is 34.6 Å². The molecule has 0 aromatic carbocycles. The molecular weight excluding hydrogens is 168 g/mol. The van der Waals surface area contributed by atoms with Crippen LogP contribution >= 0.6 is 0 Å². The lowest BCUT2D eigenvalue weighted by Gasteiger charge is -2.26. The molecule has 0 atom stereocenters. The third-order valence-electron chi connectivity index (χ3n) is 3.37. The zero-order chi connectivity index (χ0) is 11.0. The van der Waals surface area contributed by atoms with Crippen LogP contribution in [0.1, 0.15) is 73.1 Å². The van der Waals surface area contributed by atoms with E-state index in [1.54, 1.807) is 5.92 Å². The van der Waals surface area contributed by atoms with Gasteiger partial charge >= 0.3 is 0 Å². The summed E-state index contributed by atoms with van der Waals surface area (Å²) in [6.45, 7) is 11.6. The number of hydrogen-bond donors (Lipinski definition) is 0. The molecule has 0 N–H and O–H groups in total. The Bertz CT molecular complexity index is 107. The zero-order valence-corrected chi connectivity index (χ0v) is 10.9. The van der Waals surface area contributed by atoms with Gasteiger partial charge < -0.3 is 0 Å². The van der Waals surface area contributed by atoms with E-state index in [0.717, 1.165) is 11.8 Å². The third kappa shape index (κ3) is 5.67. The van der Waals surface area contributed by atoms with Gasteiger partial charge in [0.25, 0.3) is 0 Å². The molecule has 1 radical (unpaired) electrons. The summed E-state index contributed by atoms with van der Waals surface area (Å²) in [6, 6.07) is 0. The highest BCUT2D eigenvalue weighted by Crippen LogP contribution is 2.31. The lowest BCUT2D eigenvalue weighted by Crippen LogP contribution is -2.15. The van der Waals surface area contributed by atoms with Crippen LogP contribution < -0.4 is 0 Å². The quantitative estimate of drug-likeness (QED) is 0.499. The fourth-order valence-electron chi connectivity index (χ4n) is 1.97. The summed E-state index contributed by atoms with van der Waals surface area (Å²) in [7, 11) is 0. The topological polar surface area (TPSA) is 0 Å². The van der Waals surface area contributed by atoms with Crippen LogP contribution in [0.4, 0.5) is 0 Å². The van der Waals surface area contributed by atoms with E-state index in [1.165, 1.54) is 38.5 Å². The molecule has 0 aliphatic rings. The lowest BCUT2D eigenvalue weighted by molar-refractivity contribution is 0.386. The maximum Gasteiger partial charge on any atom is -0.0216 e. The summed E-state index contributed by atoms with van der Waals surface area (Å²) < 4.78 is 0. The Kier molecular flexibility index (Phi) is 8.32. The van der Waals surface area contributed by atoms with Crippen molar-refractivity contribution in [2.24, 2.45) is 11.8 Å². The summed E-state index contributed by atoms with van der Waals surface area (Å²) in [5.74, 6) is 3.40. The number of unbranched alkanes of at least 4 members (excludes halogenated alkanes) is 2. The average molecular weight is 197 g/mol. The third-order valence-corrected chi connectivity index (χ3v) is 3.37. The van der Waals surface area contributed by atoms with Crippen molar-refractivity contribution in [1.82, 2.24) is 0 Å². The van der Waals surface area contributed by atoms with Crippen molar-refractivity contribution in [3.05, 3.63) is 5.92 Å². The van der Waals surface area contributed by atoms with Crippen LogP contribution in [0.3, 0.4) is 0 Å². The minimum Gasteiger partial charge on any atom is -0.0654 e. The molecule has 0 bridgehead atoms. The second-order valence-corrected chi connectivity index (χ2v) is 4.88. The Labute approximate surface area is 91.5 Å². The maximum atomic E-state index is 2.36. The first-order chi connectivity index (χ1) is 6.63. The van der Waals surface area contributed by atoms with Crippen molar-refractivity contribution in [3.8, 4) is 0 Å². The van der Waals surface area contributed by atoms with Crippen molar-refractivity contribution >= 4 is 0 Å². The van der Waals surface area contributed by atoms with Gasteiger partial charge in [-0.2, -0.15) is 0 Å². The largest absolute Gasteiger partial charge is 0.0654 e. The first kappa shape index (κ1) is 14.0. The molecule has 0 saturated carbocycles. The molecule has 14 heavy (non-hydrogen) atoms.